The Labute approximate surface area is 179 Å². The monoisotopic (exact) mass is 482 g/mol. The van der Waals surface area contributed by atoms with Crippen LogP contribution in [0.5, 0.6) is 0 Å². The van der Waals surface area contributed by atoms with Crippen LogP contribution in [0.15, 0.2) is 53.5 Å². The number of hydrogen-bond acceptors (Lipinski definition) is 3. The molecule has 0 saturated heterocycles. The van der Waals surface area contributed by atoms with E-state index in [2.05, 4.69) is 59.7 Å². The molecule has 0 aliphatic carbocycles. The van der Waals surface area contributed by atoms with Crippen LogP contribution in [-0.4, -0.2) is 45.4 Å². The number of nitrogens with one attached hydrogen (secondary N) is 2. The molecule has 0 aliphatic rings. The second-order valence-corrected chi connectivity index (χ2v) is 6.62. The third kappa shape index (κ3) is 7.03. The number of benzene rings is 2. The predicted octanol–water partition coefficient (Wildman–Crippen LogP) is 3.12. The summed E-state index contributed by atoms with van der Waals surface area (Å²) in [6.07, 6.45) is 0. The van der Waals surface area contributed by atoms with Crippen molar-refractivity contribution in [3.05, 3.63) is 65.2 Å². The molecule has 0 aliphatic heterocycles. The van der Waals surface area contributed by atoms with Crippen LogP contribution >= 0.6 is 24.0 Å². The molecule has 2 rings (SSSR count). The summed E-state index contributed by atoms with van der Waals surface area (Å²) in [5, 5.41) is 16.4. The van der Waals surface area contributed by atoms with Gasteiger partial charge in [-0.3, -0.25) is 4.99 Å². The lowest BCUT2D eigenvalue weighted by Gasteiger charge is -2.21. The molecule has 0 saturated carbocycles. The first-order chi connectivity index (χ1) is 12.5. The van der Waals surface area contributed by atoms with E-state index in [1.807, 2.05) is 30.3 Å². The van der Waals surface area contributed by atoms with Crippen molar-refractivity contribution in [2.24, 2.45) is 4.99 Å². The molecule has 0 heterocycles. The number of nitrogens with zero attached hydrogens (tertiary/aromatic N) is 2. The standard InChI is InChI=1S/C21H30N4O.HI/c1-16-10-11-18(20(12-16)25(3)4)13-23-21(22-2)24-14-19(15-26)17-8-6-5-7-9-17;/h5-12,19,26H,13-15H2,1-4H3,(H2,22,23,24);1H. The van der Waals surface area contributed by atoms with Gasteiger partial charge in [0.15, 0.2) is 5.96 Å². The molecule has 27 heavy (non-hydrogen) atoms. The van der Waals surface area contributed by atoms with Gasteiger partial charge in [0.2, 0.25) is 0 Å². The normalized spacial score (nSPS) is 12.1. The number of halogens is 1. The number of aryl methyl sites for hydroxylation is 1. The van der Waals surface area contributed by atoms with E-state index in [1.54, 1.807) is 7.05 Å². The van der Waals surface area contributed by atoms with E-state index in [0.717, 1.165) is 11.5 Å². The lowest BCUT2D eigenvalue weighted by Crippen LogP contribution is -2.39. The highest BCUT2D eigenvalue weighted by Gasteiger charge is 2.11. The van der Waals surface area contributed by atoms with Gasteiger partial charge in [0.05, 0.1) is 6.61 Å². The van der Waals surface area contributed by atoms with Gasteiger partial charge in [-0.2, -0.15) is 0 Å². The van der Waals surface area contributed by atoms with Crippen molar-refractivity contribution >= 4 is 35.6 Å². The number of aliphatic hydroxyl groups is 1. The fraction of sp³-hybridized carbons (Fsp3) is 0.381. The number of aliphatic imine (C=N–C) groups is 1. The van der Waals surface area contributed by atoms with E-state index in [1.165, 1.54) is 16.8 Å². The number of anilines is 1. The Hall–Kier alpha value is -1.80. The summed E-state index contributed by atoms with van der Waals surface area (Å²) in [4.78, 5) is 6.42. The van der Waals surface area contributed by atoms with Gasteiger partial charge in [-0.25, -0.2) is 0 Å². The molecule has 0 radical (unpaired) electrons. The van der Waals surface area contributed by atoms with Gasteiger partial charge in [-0.05, 0) is 29.7 Å². The number of hydrogen-bond donors (Lipinski definition) is 3. The first-order valence-corrected chi connectivity index (χ1v) is 8.92. The number of aliphatic hydroxyl groups excluding tert-OH is 1. The quantitative estimate of drug-likeness (QED) is 0.323. The van der Waals surface area contributed by atoms with Crippen molar-refractivity contribution in [1.82, 2.24) is 10.6 Å². The van der Waals surface area contributed by atoms with Gasteiger partial charge in [0.25, 0.3) is 0 Å². The molecule has 1 unspecified atom stereocenters. The van der Waals surface area contributed by atoms with Gasteiger partial charge < -0.3 is 20.6 Å². The van der Waals surface area contributed by atoms with E-state index in [9.17, 15) is 5.11 Å². The molecule has 148 valence electrons. The zero-order valence-electron chi connectivity index (χ0n) is 16.6. The maximum Gasteiger partial charge on any atom is 0.191 e. The lowest BCUT2D eigenvalue weighted by atomic mass is 10.0. The molecule has 6 heteroatoms. The van der Waals surface area contributed by atoms with Gasteiger partial charge in [-0.15, -0.1) is 24.0 Å². The summed E-state index contributed by atoms with van der Waals surface area (Å²) < 4.78 is 0. The van der Waals surface area contributed by atoms with Crippen LogP contribution in [0.25, 0.3) is 0 Å². The Morgan fingerprint density at radius 3 is 2.41 bits per heavy atom. The Balaban J connectivity index is 0.00000364. The molecule has 5 nitrogen and oxygen atoms in total. The smallest absolute Gasteiger partial charge is 0.191 e. The minimum atomic E-state index is 0. The SMILES string of the molecule is CN=C(NCc1ccc(C)cc1N(C)C)NCC(CO)c1ccccc1.I. The average Bonchev–Trinajstić information content (AvgIpc) is 2.66. The number of guanidine groups is 1. The molecule has 0 spiro atoms. The van der Waals surface area contributed by atoms with Crippen molar-refractivity contribution in [2.75, 3.05) is 39.2 Å². The Kier molecular flexibility index (Phi) is 10.2. The van der Waals surface area contributed by atoms with Crippen LogP contribution < -0.4 is 15.5 Å². The van der Waals surface area contributed by atoms with Crippen LogP contribution in [0.4, 0.5) is 5.69 Å². The summed E-state index contributed by atoms with van der Waals surface area (Å²) in [5.41, 5.74) is 4.77. The summed E-state index contributed by atoms with van der Waals surface area (Å²) in [6, 6.07) is 16.5. The van der Waals surface area contributed by atoms with Crippen LogP contribution in [-0.2, 0) is 6.54 Å². The van der Waals surface area contributed by atoms with E-state index in [0.29, 0.717) is 13.1 Å². The fourth-order valence-corrected chi connectivity index (χ4v) is 2.87. The molecular weight excluding hydrogens is 451 g/mol. The highest BCUT2D eigenvalue weighted by Crippen LogP contribution is 2.20. The highest BCUT2D eigenvalue weighted by atomic mass is 127. The van der Waals surface area contributed by atoms with E-state index in [-0.39, 0.29) is 36.5 Å². The van der Waals surface area contributed by atoms with E-state index < -0.39 is 0 Å². The molecule has 2 aromatic carbocycles. The van der Waals surface area contributed by atoms with E-state index >= 15 is 0 Å². The Morgan fingerprint density at radius 2 is 1.81 bits per heavy atom. The Morgan fingerprint density at radius 1 is 1.11 bits per heavy atom. The molecule has 1 atom stereocenters. The third-order valence-electron chi connectivity index (χ3n) is 4.40. The maximum absolute atomic E-state index is 9.69. The zero-order chi connectivity index (χ0) is 18.9. The van der Waals surface area contributed by atoms with E-state index in [4.69, 9.17) is 0 Å². The summed E-state index contributed by atoms with van der Waals surface area (Å²) >= 11 is 0. The number of rotatable bonds is 7. The molecule has 2 aromatic rings. The second kappa shape index (κ2) is 11.8. The first kappa shape index (κ1) is 23.2. The molecular formula is C21H31IN4O. The van der Waals surface area contributed by atoms with Crippen LogP contribution in [0.1, 0.15) is 22.6 Å². The second-order valence-electron chi connectivity index (χ2n) is 6.62. The maximum atomic E-state index is 9.69. The summed E-state index contributed by atoms with van der Waals surface area (Å²) in [7, 11) is 5.86. The third-order valence-corrected chi connectivity index (χ3v) is 4.40. The van der Waals surface area contributed by atoms with Crippen LogP contribution in [0, 0.1) is 6.92 Å². The summed E-state index contributed by atoms with van der Waals surface area (Å²) in [6.45, 7) is 3.50. The van der Waals surface area contributed by atoms with Gasteiger partial charge in [0.1, 0.15) is 0 Å². The zero-order valence-corrected chi connectivity index (χ0v) is 18.9. The van der Waals surface area contributed by atoms with Crippen molar-refractivity contribution in [1.29, 1.82) is 0 Å². The summed E-state index contributed by atoms with van der Waals surface area (Å²) in [5.74, 6) is 0.760. The molecule has 0 fully saturated rings. The van der Waals surface area contributed by atoms with Crippen molar-refractivity contribution < 1.29 is 5.11 Å². The van der Waals surface area contributed by atoms with Gasteiger partial charge in [0, 0.05) is 45.8 Å². The van der Waals surface area contributed by atoms with Crippen molar-refractivity contribution in [3.8, 4) is 0 Å². The molecule has 0 aromatic heterocycles. The minimum absolute atomic E-state index is 0. The molecule has 3 N–H and O–H groups in total. The first-order valence-electron chi connectivity index (χ1n) is 8.92. The van der Waals surface area contributed by atoms with Gasteiger partial charge in [-0.1, -0.05) is 42.5 Å². The van der Waals surface area contributed by atoms with Crippen LogP contribution in [0.2, 0.25) is 0 Å². The fourth-order valence-electron chi connectivity index (χ4n) is 2.87. The van der Waals surface area contributed by atoms with Crippen molar-refractivity contribution in [2.45, 2.75) is 19.4 Å². The van der Waals surface area contributed by atoms with Crippen molar-refractivity contribution in [3.63, 3.8) is 0 Å². The largest absolute Gasteiger partial charge is 0.396 e. The minimum Gasteiger partial charge on any atom is -0.396 e. The highest BCUT2D eigenvalue weighted by molar-refractivity contribution is 14.0. The lowest BCUT2D eigenvalue weighted by molar-refractivity contribution is 0.265. The van der Waals surface area contributed by atoms with Gasteiger partial charge >= 0.3 is 0 Å². The van der Waals surface area contributed by atoms with Crippen LogP contribution in [0.3, 0.4) is 0 Å². The molecule has 0 amide bonds. The average molecular weight is 482 g/mol. The topological polar surface area (TPSA) is 59.9 Å². The molecule has 0 bridgehead atoms. The predicted molar refractivity (Wildman–Crippen MR) is 125 cm³/mol. The Bertz CT molecular complexity index is 719.